The van der Waals surface area contributed by atoms with Crippen LogP contribution >= 0.6 is 0 Å². The van der Waals surface area contributed by atoms with Crippen LogP contribution in [0, 0.1) is 5.92 Å². The van der Waals surface area contributed by atoms with E-state index < -0.39 is 0 Å². The lowest BCUT2D eigenvalue weighted by atomic mass is 10.0. The van der Waals surface area contributed by atoms with Crippen molar-refractivity contribution in [2.75, 3.05) is 19.0 Å². The summed E-state index contributed by atoms with van der Waals surface area (Å²) in [5.41, 5.74) is 2.12. The molecule has 2 saturated carbocycles. The van der Waals surface area contributed by atoms with Crippen LogP contribution in [-0.2, 0) is 11.2 Å². The molecule has 1 heterocycles. The van der Waals surface area contributed by atoms with Gasteiger partial charge in [-0.25, -0.2) is 9.97 Å². The third-order valence-electron chi connectivity index (χ3n) is 5.06. The van der Waals surface area contributed by atoms with Crippen molar-refractivity contribution in [1.82, 2.24) is 15.3 Å². The van der Waals surface area contributed by atoms with E-state index >= 15 is 0 Å². The van der Waals surface area contributed by atoms with E-state index in [-0.39, 0.29) is 17.9 Å². The highest BCUT2D eigenvalue weighted by Gasteiger charge is 2.32. The first-order valence-electron chi connectivity index (χ1n) is 9.50. The van der Waals surface area contributed by atoms with Gasteiger partial charge in [0.2, 0.25) is 5.91 Å². The van der Waals surface area contributed by atoms with Gasteiger partial charge in [-0.3, -0.25) is 4.79 Å². The van der Waals surface area contributed by atoms with E-state index in [1.807, 2.05) is 43.3 Å². The van der Waals surface area contributed by atoms with E-state index in [0.29, 0.717) is 12.3 Å². The second kappa shape index (κ2) is 7.06. The summed E-state index contributed by atoms with van der Waals surface area (Å²) in [4.78, 5) is 23.9. The monoisotopic (exact) mass is 350 g/mol. The first-order chi connectivity index (χ1) is 12.6. The van der Waals surface area contributed by atoms with E-state index in [0.717, 1.165) is 35.7 Å². The summed E-state index contributed by atoms with van der Waals surface area (Å²) in [5.74, 6) is 2.77. The highest BCUT2D eigenvalue weighted by atomic mass is 16.2. The second-order valence-electron chi connectivity index (χ2n) is 7.69. The number of carbonyl (C=O) groups excluding carboxylic acids is 1. The second-order valence-corrected chi connectivity index (χ2v) is 7.69. The van der Waals surface area contributed by atoms with Crippen molar-refractivity contribution in [3.05, 3.63) is 53.5 Å². The number of hydrogen-bond donors (Lipinski definition) is 1. The Kier molecular flexibility index (Phi) is 4.62. The molecule has 2 aliphatic carbocycles. The standard InChI is InChI=1S/C21H26N4O/c1-25(2)19-13-17(22-20(24-19)15-8-9-15)12-18(14-6-4-3-5-7-14)23-21(26)16-10-11-16/h3-7,13,15-16,18H,8-12H2,1-2H3,(H,23,26)/t18-/m1/s1. The van der Waals surface area contributed by atoms with Crippen molar-refractivity contribution in [3.63, 3.8) is 0 Å². The molecule has 0 unspecified atom stereocenters. The molecule has 1 aromatic carbocycles. The molecule has 5 heteroatoms. The molecule has 1 N–H and O–H groups in total. The van der Waals surface area contributed by atoms with E-state index in [1.165, 1.54) is 12.8 Å². The number of nitrogens with zero attached hydrogens (tertiary/aromatic N) is 3. The summed E-state index contributed by atoms with van der Waals surface area (Å²) in [5, 5.41) is 3.24. The third-order valence-corrected chi connectivity index (χ3v) is 5.06. The van der Waals surface area contributed by atoms with E-state index in [1.54, 1.807) is 0 Å². The lowest BCUT2D eigenvalue weighted by Gasteiger charge is -2.20. The third kappa shape index (κ3) is 4.03. The van der Waals surface area contributed by atoms with Gasteiger partial charge in [0.05, 0.1) is 6.04 Å². The first-order valence-corrected chi connectivity index (χ1v) is 9.50. The SMILES string of the molecule is CN(C)c1cc(C[C@@H](NC(=O)C2CC2)c2ccccc2)nc(C2CC2)n1. The number of anilines is 1. The van der Waals surface area contributed by atoms with Crippen molar-refractivity contribution in [2.24, 2.45) is 5.92 Å². The molecule has 1 atom stereocenters. The van der Waals surface area contributed by atoms with Crippen LogP contribution in [0.5, 0.6) is 0 Å². The summed E-state index contributed by atoms with van der Waals surface area (Å²) >= 11 is 0. The number of aromatic nitrogens is 2. The molecule has 0 aliphatic heterocycles. The van der Waals surface area contributed by atoms with Crippen LogP contribution in [0.2, 0.25) is 0 Å². The Bertz CT molecular complexity index is 762. The van der Waals surface area contributed by atoms with Gasteiger partial charge in [0.1, 0.15) is 11.6 Å². The Hall–Kier alpha value is -2.43. The summed E-state index contributed by atoms with van der Waals surface area (Å²) < 4.78 is 0. The molecular weight excluding hydrogens is 324 g/mol. The van der Waals surface area contributed by atoms with Crippen molar-refractivity contribution in [2.45, 2.75) is 44.1 Å². The van der Waals surface area contributed by atoms with Crippen LogP contribution in [0.3, 0.4) is 0 Å². The average Bonchev–Trinajstić information content (AvgIpc) is 3.53. The number of benzene rings is 1. The predicted molar refractivity (Wildman–Crippen MR) is 102 cm³/mol. The number of amides is 1. The average molecular weight is 350 g/mol. The van der Waals surface area contributed by atoms with Crippen molar-refractivity contribution in [3.8, 4) is 0 Å². The molecule has 1 aromatic heterocycles. The number of rotatable bonds is 7. The topological polar surface area (TPSA) is 58.1 Å². The molecule has 0 spiro atoms. The van der Waals surface area contributed by atoms with Crippen LogP contribution in [0.1, 0.15) is 54.7 Å². The van der Waals surface area contributed by atoms with Gasteiger partial charge in [0.25, 0.3) is 0 Å². The van der Waals surface area contributed by atoms with Gasteiger partial charge in [-0.15, -0.1) is 0 Å². The van der Waals surface area contributed by atoms with Crippen LogP contribution in [-0.4, -0.2) is 30.0 Å². The lowest BCUT2D eigenvalue weighted by molar-refractivity contribution is -0.123. The minimum atomic E-state index is -0.0544. The molecule has 2 aromatic rings. The molecule has 2 aliphatic rings. The quantitative estimate of drug-likeness (QED) is 0.833. The zero-order chi connectivity index (χ0) is 18.1. The highest BCUT2D eigenvalue weighted by Crippen LogP contribution is 2.39. The fourth-order valence-corrected chi connectivity index (χ4v) is 3.14. The van der Waals surface area contributed by atoms with Crippen molar-refractivity contribution >= 4 is 11.7 Å². The predicted octanol–water partition coefficient (Wildman–Crippen LogP) is 3.23. The van der Waals surface area contributed by atoms with Gasteiger partial charge in [-0.05, 0) is 31.2 Å². The molecule has 5 nitrogen and oxygen atoms in total. The van der Waals surface area contributed by atoms with E-state index in [2.05, 4.69) is 17.4 Å². The fourth-order valence-electron chi connectivity index (χ4n) is 3.14. The van der Waals surface area contributed by atoms with Gasteiger partial charge in [-0.2, -0.15) is 0 Å². The smallest absolute Gasteiger partial charge is 0.223 e. The number of carbonyl (C=O) groups is 1. The minimum absolute atomic E-state index is 0.0544. The summed E-state index contributed by atoms with van der Waals surface area (Å²) in [7, 11) is 4.01. The van der Waals surface area contributed by atoms with Gasteiger partial charge in [0.15, 0.2) is 0 Å². The van der Waals surface area contributed by atoms with E-state index in [9.17, 15) is 4.79 Å². The van der Waals surface area contributed by atoms with Crippen LogP contribution in [0.25, 0.3) is 0 Å². The summed E-state index contributed by atoms with van der Waals surface area (Å²) in [6.07, 6.45) is 5.06. The molecular formula is C21H26N4O. The number of hydrogen-bond acceptors (Lipinski definition) is 4. The van der Waals surface area contributed by atoms with E-state index in [4.69, 9.17) is 9.97 Å². The Morgan fingerprint density at radius 3 is 2.50 bits per heavy atom. The van der Waals surface area contributed by atoms with Crippen LogP contribution < -0.4 is 10.2 Å². The zero-order valence-electron chi connectivity index (χ0n) is 15.5. The molecule has 0 saturated heterocycles. The molecule has 0 bridgehead atoms. The van der Waals surface area contributed by atoms with Gasteiger partial charge < -0.3 is 10.2 Å². The summed E-state index contributed by atoms with van der Waals surface area (Å²) in [6, 6.07) is 12.2. The Labute approximate surface area is 154 Å². The Morgan fingerprint density at radius 2 is 1.88 bits per heavy atom. The zero-order valence-corrected chi connectivity index (χ0v) is 15.5. The summed E-state index contributed by atoms with van der Waals surface area (Å²) in [6.45, 7) is 0. The normalized spacial score (nSPS) is 17.6. The first kappa shape index (κ1) is 17.0. The number of nitrogens with one attached hydrogen (secondary N) is 1. The minimum Gasteiger partial charge on any atom is -0.363 e. The van der Waals surface area contributed by atoms with Gasteiger partial charge in [0, 0.05) is 44.1 Å². The van der Waals surface area contributed by atoms with Crippen LogP contribution in [0.15, 0.2) is 36.4 Å². The maximum Gasteiger partial charge on any atom is 0.223 e. The molecule has 1 amide bonds. The fraction of sp³-hybridized carbons (Fsp3) is 0.476. The molecule has 4 rings (SSSR count). The van der Waals surface area contributed by atoms with Crippen molar-refractivity contribution < 1.29 is 4.79 Å². The maximum atomic E-state index is 12.4. The molecule has 136 valence electrons. The maximum absolute atomic E-state index is 12.4. The highest BCUT2D eigenvalue weighted by molar-refractivity contribution is 5.81. The lowest BCUT2D eigenvalue weighted by Crippen LogP contribution is -2.31. The van der Waals surface area contributed by atoms with Crippen molar-refractivity contribution in [1.29, 1.82) is 0 Å². The van der Waals surface area contributed by atoms with Crippen LogP contribution in [0.4, 0.5) is 5.82 Å². The molecule has 2 fully saturated rings. The van der Waals surface area contributed by atoms with Gasteiger partial charge >= 0.3 is 0 Å². The Balaban J connectivity index is 1.61. The molecule has 26 heavy (non-hydrogen) atoms. The molecule has 0 radical (unpaired) electrons. The Morgan fingerprint density at radius 1 is 1.15 bits per heavy atom. The van der Waals surface area contributed by atoms with Gasteiger partial charge in [-0.1, -0.05) is 30.3 Å². The largest absolute Gasteiger partial charge is 0.363 e.